The zero-order chi connectivity index (χ0) is 11.7. The summed E-state index contributed by atoms with van der Waals surface area (Å²) in [6.07, 6.45) is 0. The molecule has 1 aliphatic rings. The van der Waals surface area contributed by atoms with E-state index in [1.54, 1.807) is 0 Å². The molecule has 0 amide bonds. The maximum absolute atomic E-state index is 5.32. The number of ether oxygens (including phenoxy) is 1. The van der Waals surface area contributed by atoms with Gasteiger partial charge in [-0.25, -0.2) is 0 Å². The predicted molar refractivity (Wildman–Crippen MR) is 73.3 cm³/mol. The zero-order valence-corrected chi connectivity index (χ0v) is 10.1. The van der Waals surface area contributed by atoms with Gasteiger partial charge in [0.05, 0.1) is 6.61 Å². The Bertz CT molecular complexity index is 517. The van der Waals surface area contributed by atoms with Gasteiger partial charge in [0.25, 0.3) is 0 Å². The summed E-state index contributed by atoms with van der Waals surface area (Å²) >= 11 is 4.74. The zero-order valence-electron chi connectivity index (χ0n) is 9.30. The highest BCUT2D eigenvalue weighted by Gasteiger charge is 2.27. The third-order valence-electron chi connectivity index (χ3n) is 3.29. The van der Waals surface area contributed by atoms with Crippen LogP contribution in [0.5, 0.6) is 0 Å². The molecule has 2 aromatic rings. The van der Waals surface area contributed by atoms with Crippen LogP contribution in [-0.2, 0) is 4.74 Å². The van der Waals surface area contributed by atoms with Crippen molar-refractivity contribution in [3.63, 3.8) is 0 Å². The van der Waals surface area contributed by atoms with Crippen molar-refractivity contribution in [3.8, 4) is 11.1 Å². The monoisotopic (exact) mass is 240 g/mol. The van der Waals surface area contributed by atoms with Crippen LogP contribution in [0.15, 0.2) is 48.5 Å². The smallest absolute Gasteiger partial charge is 0.146 e. The van der Waals surface area contributed by atoms with Gasteiger partial charge in [0.1, 0.15) is 5.55 Å². The summed E-state index contributed by atoms with van der Waals surface area (Å²) < 4.78 is 5.32. The molecular weight excluding hydrogens is 228 g/mol. The van der Waals surface area contributed by atoms with Crippen molar-refractivity contribution in [3.05, 3.63) is 59.7 Å². The molecule has 0 saturated heterocycles. The number of hydrogen-bond acceptors (Lipinski definition) is 2. The Balaban J connectivity index is 2.13. The first kappa shape index (κ1) is 10.5. The molecule has 2 heteroatoms. The van der Waals surface area contributed by atoms with Gasteiger partial charge in [-0.15, -0.1) is 0 Å². The molecular formula is C15H12OS. The summed E-state index contributed by atoms with van der Waals surface area (Å²) in [6, 6.07) is 17.0. The van der Waals surface area contributed by atoms with Crippen molar-refractivity contribution < 1.29 is 4.74 Å². The molecule has 0 spiro atoms. The molecule has 0 unspecified atom stereocenters. The largest absolute Gasteiger partial charge is 0.489 e. The average molecular weight is 240 g/mol. The summed E-state index contributed by atoms with van der Waals surface area (Å²) in [5, 5.41) is 0. The van der Waals surface area contributed by atoms with Crippen molar-refractivity contribution in [2.45, 2.75) is 5.92 Å². The lowest BCUT2D eigenvalue weighted by atomic mass is 9.98. The molecule has 2 aromatic carbocycles. The van der Waals surface area contributed by atoms with E-state index in [4.69, 9.17) is 17.0 Å². The fourth-order valence-electron chi connectivity index (χ4n) is 2.57. The van der Waals surface area contributed by atoms with Crippen LogP contribution in [0.3, 0.4) is 0 Å². The molecule has 17 heavy (non-hydrogen) atoms. The van der Waals surface area contributed by atoms with Gasteiger partial charge in [-0.3, -0.25) is 0 Å². The van der Waals surface area contributed by atoms with Crippen LogP contribution in [0, 0.1) is 0 Å². The molecule has 0 atom stereocenters. The Labute approximate surface area is 106 Å². The lowest BCUT2D eigenvalue weighted by molar-refractivity contribution is 0.313. The molecule has 0 radical (unpaired) electrons. The van der Waals surface area contributed by atoms with Crippen LogP contribution in [0.25, 0.3) is 11.1 Å². The molecule has 84 valence electrons. The van der Waals surface area contributed by atoms with E-state index in [1.807, 2.05) is 0 Å². The number of rotatable bonds is 3. The topological polar surface area (TPSA) is 9.23 Å². The summed E-state index contributed by atoms with van der Waals surface area (Å²) in [5.41, 5.74) is 6.67. The third-order valence-corrected chi connectivity index (χ3v) is 3.43. The second-order valence-electron chi connectivity index (χ2n) is 4.16. The summed E-state index contributed by atoms with van der Waals surface area (Å²) in [4.78, 5) is 0. The molecule has 0 saturated carbocycles. The van der Waals surface area contributed by atoms with Gasteiger partial charge in [0, 0.05) is 5.92 Å². The lowest BCUT2D eigenvalue weighted by Crippen LogP contribution is -2.05. The minimum atomic E-state index is 0.307. The van der Waals surface area contributed by atoms with E-state index in [0.717, 1.165) is 0 Å². The summed E-state index contributed by atoms with van der Waals surface area (Å²) in [5.74, 6) is 0.307. The standard InChI is InChI=1S/C15H12OS/c17-10-16-9-15-13-7-3-1-5-11(13)12-6-2-4-8-14(12)15/h1-8,10,15H,9H2. The molecule has 1 nitrogen and oxygen atoms in total. The molecule has 1 aliphatic carbocycles. The maximum Gasteiger partial charge on any atom is 0.146 e. The van der Waals surface area contributed by atoms with E-state index in [1.165, 1.54) is 27.8 Å². The average Bonchev–Trinajstić information content (AvgIpc) is 2.71. The Morgan fingerprint density at radius 3 is 2.00 bits per heavy atom. The van der Waals surface area contributed by atoms with Crippen LogP contribution in [-0.4, -0.2) is 12.2 Å². The van der Waals surface area contributed by atoms with Crippen molar-refractivity contribution >= 4 is 17.8 Å². The van der Waals surface area contributed by atoms with Crippen LogP contribution in [0.2, 0.25) is 0 Å². The Morgan fingerprint density at radius 1 is 0.941 bits per heavy atom. The highest BCUT2D eigenvalue weighted by Crippen LogP contribution is 2.44. The predicted octanol–water partition coefficient (Wildman–Crippen LogP) is 3.77. The highest BCUT2D eigenvalue weighted by atomic mass is 32.1. The van der Waals surface area contributed by atoms with Crippen LogP contribution < -0.4 is 0 Å². The molecule has 0 heterocycles. The second-order valence-corrected chi connectivity index (χ2v) is 4.35. The van der Waals surface area contributed by atoms with Gasteiger partial charge in [-0.1, -0.05) is 48.5 Å². The molecule has 0 aromatic heterocycles. The number of benzene rings is 2. The summed E-state index contributed by atoms with van der Waals surface area (Å²) in [7, 11) is 0. The first-order valence-electron chi connectivity index (χ1n) is 5.65. The third kappa shape index (κ3) is 1.65. The lowest BCUT2D eigenvalue weighted by Gasteiger charge is -2.12. The maximum atomic E-state index is 5.32. The van der Waals surface area contributed by atoms with E-state index < -0.39 is 0 Å². The van der Waals surface area contributed by atoms with E-state index in [9.17, 15) is 0 Å². The van der Waals surface area contributed by atoms with Gasteiger partial charge < -0.3 is 4.74 Å². The minimum absolute atomic E-state index is 0.307. The minimum Gasteiger partial charge on any atom is -0.489 e. The van der Waals surface area contributed by atoms with Crippen LogP contribution in [0.4, 0.5) is 0 Å². The number of thiocarbonyl (C=S) groups is 1. The molecule has 0 bridgehead atoms. The number of hydrogen-bond donors (Lipinski definition) is 0. The van der Waals surface area contributed by atoms with Gasteiger partial charge in [-0.2, -0.15) is 0 Å². The van der Waals surface area contributed by atoms with Crippen LogP contribution in [0.1, 0.15) is 17.0 Å². The van der Waals surface area contributed by atoms with Crippen molar-refractivity contribution in [2.24, 2.45) is 0 Å². The van der Waals surface area contributed by atoms with Crippen LogP contribution >= 0.6 is 12.2 Å². The van der Waals surface area contributed by atoms with Gasteiger partial charge in [0.2, 0.25) is 0 Å². The fraction of sp³-hybridized carbons (Fsp3) is 0.133. The Kier molecular flexibility index (Phi) is 2.65. The Hall–Kier alpha value is -1.67. The summed E-state index contributed by atoms with van der Waals surface area (Å²) in [6.45, 7) is 0.623. The Morgan fingerprint density at radius 2 is 1.47 bits per heavy atom. The molecule has 0 aliphatic heterocycles. The highest BCUT2D eigenvalue weighted by molar-refractivity contribution is 7.78. The van der Waals surface area contributed by atoms with E-state index in [0.29, 0.717) is 12.5 Å². The fourth-order valence-corrected chi connectivity index (χ4v) is 2.65. The first-order valence-corrected chi connectivity index (χ1v) is 6.12. The van der Waals surface area contributed by atoms with Gasteiger partial charge in [-0.05, 0) is 34.5 Å². The number of fused-ring (bicyclic) bond motifs is 3. The quantitative estimate of drug-likeness (QED) is 0.755. The van der Waals surface area contributed by atoms with E-state index in [2.05, 4.69) is 48.5 Å². The molecule has 0 fully saturated rings. The second kappa shape index (κ2) is 4.30. The van der Waals surface area contributed by atoms with E-state index in [-0.39, 0.29) is 0 Å². The van der Waals surface area contributed by atoms with Crippen molar-refractivity contribution in [1.29, 1.82) is 0 Å². The SMILES string of the molecule is S=COCC1c2ccccc2-c2ccccc21. The van der Waals surface area contributed by atoms with E-state index >= 15 is 0 Å². The van der Waals surface area contributed by atoms with Crippen molar-refractivity contribution in [2.75, 3.05) is 6.61 Å². The normalized spacial score (nSPS) is 12.9. The first-order chi connectivity index (χ1) is 8.42. The molecule has 0 N–H and O–H groups in total. The van der Waals surface area contributed by atoms with Gasteiger partial charge in [0.15, 0.2) is 0 Å². The van der Waals surface area contributed by atoms with Crippen molar-refractivity contribution in [1.82, 2.24) is 0 Å². The molecule has 3 rings (SSSR count). The van der Waals surface area contributed by atoms with Gasteiger partial charge >= 0.3 is 0 Å².